The maximum atomic E-state index is 6.30. The minimum atomic E-state index is 0.359. The van der Waals surface area contributed by atoms with Crippen LogP contribution in [0.2, 0.25) is 5.02 Å². The quantitative estimate of drug-likeness (QED) is 0.899. The van der Waals surface area contributed by atoms with Gasteiger partial charge in [-0.2, -0.15) is 0 Å². The predicted molar refractivity (Wildman–Crippen MR) is 78.1 cm³/mol. The zero-order valence-electron chi connectivity index (χ0n) is 11.5. The molecule has 1 saturated heterocycles. The summed E-state index contributed by atoms with van der Waals surface area (Å²) >= 11 is 6.30. The molecule has 1 fully saturated rings. The number of benzene rings is 1. The molecule has 1 heterocycles. The van der Waals surface area contributed by atoms with E-state index in [9.17, 15) is 0 Å². The topological polar surface area (TPSA) is 15.3 Å². The molecule has 0 amide bonds. The molecular formula is C15H23ClN2. The van der Waals surface area contributed by atoms with Crippen molar-refractivity contribution in [3.05, 3.63) is 34.9 Å². The summed E-state index contributed by atoms with van der Waals surface area (Å²) in [5.74, 6) is 0.750. The van der Waals surface area contributed by atoms with Gasteiger partial charge in [0.05, 0.1) is 0 Å². The van der Waals surface area contributed by atoms with Gasteiger partial charge in [0, 0.05) is 23.7 Å². The SMILES string of the molecule is CCC1CNCC1N(C)C(C)c1ccccc1Cl. The van der Waals surface area contributed by atoms with Crippen molar-refractivity contribution in [3.8, 4) is 0 Å². The molecule has 0 bridgehead atoms. The highest BCUT2D eigenvalue weighted by Gasteiger charge is 2.31. The van der Waals surface area contributed by atoms with Crippen molar-refractivity contribution in [1.29, 1.82) is 0 Å². The minimum Gasteiger partial charge on any atom is -0.315 e. The maximum absolute atomic E-state index is 6.30. The molecular weight excluding hydrogens is 244 g/mol. The Morgan fingerprint density at radius 2 is 2.11 bits per heavy atom. The van der Waals surface area contributed by atoms with Gasteiger partial charge in [0.25, 0.3) is 0 Å². The number of hydrogen-bond donors (Lipinski definition) is 1. The van der Waals surface area contributed by atoms with Gasteiger partial charge < -0.3 is 5.32 Å². The largest absolute Gasteiger partial charge is 0.315 e. The van der Waals surface area contributed by atoms with Gasteiger partial charge in [-0.15, -0.1) is 0 Å². The van der Waals surface area contributed by atoms with Crippen LogP contribution in [0.3, 0.4) is 0 Å². The van der Waals surface area contributed by atoms with Gasteiger partial charge in [0.15, 0.2) is 0 Å². The van der Waals surface area contributed by atoms with E-state index in [4.69, 9.17) is 11.6 Å². The lowest BCUT2D eigenvalue weighted by Crippen LogP contribution is -2.39. The molecule has 2 rings (SSSR count). The Bertz CT molecular complexity index is 394. The van der Waals surface area contributed by atoms with E-state index < -0.39 is 0 Å². The van der Waals surface area contributed by atoms with Crippen LogP contribution in [0.25, 0.3) is 0 Å². The number of rotatable bonds is 4. The Balaban J connectivity index is 2.13. The van der Waals surface area contributed by atoms with Crippen molar-refractivity contribution < 1.29 is 0 Å². The van der Waals surface area contributed by atoms with Crippen molar-refractivity contribution in [3.63, 3.8) is 0 Å². The van der Waals surface area contributed by atoms with Crippen LogP contribution in [0.1, 0.15) is 31.9 Å². The average Bonchev–Trinajstić information content (AvgIpc) is 2.86. The molecule has 100 valence electrons. The molecule has 1 N–H and O–H groups in total. The zero-order chi connectivity index (χ0) is 13.1. The lowest BCUT2D eigenvalue weighted by molar-refractivity contribution is 0.159. The first-order chi connectivity index (χ1) is 8.65. The van der Waals surface area contributed by atoms with Crippen molar-refractivity contribution in [2.45, 2.75) is 32.4 Å². The van der Waals surface area contributed by atoms with Crippen LogP contribution in [-0.4, -0.2) is 31.1 Å². The molecule has 1 aromatic rings. The van der Waals surface area contributed by atoms with E-state index in [0.29, 0.717) is 12.1 Å². The van der Waals surface area contributed by atoms with E-state index in [1.807, 2.05) is 12.1 Å². The molecule has 0 saturated carbocycles. The summed E-state index contributed by atoms with van der Waals surface area (Å²) in [5.41, 5.74) is 1.23. The lowest BCUT2D eigenvalue weighted by Gasteiger charge is -2.34. The molecule has 3 atom stereocenters. The number of likely N-dealkylation sites (N-methyl/N-ethyl adjacent to an activating group) is 1. The van der Waals surface area contributed by atoms with Crippen LogP contribution >= 0.6 is 11.6 Å². The zero-order valence-corrected chi connectivity index (χ0v) is 12.2. The lowest BCUT2D eigenvalue weighted by atomic mass is 9.97. The van der Waals surface area contributed by atoms with Crippen LogP contribution in [-0.2, 0) is 0 Å². The summed E-state index contributed by atoms with van der Waals surface area (Å²) < 4.78 is 0. The highest BCUT2D eigenvalue weighted by atomic mass is 35.5. The number of halogens is 1. The highest BCUT2D eigenvalue weighted by Crippen LogP contribution is 2.30. The van der Waals surface area contributed by atoms with E-state index in [1.54, 1.807) is 0 Å². The fourth-order valence-corrected chi connectivity index (χ4v) is 3.23. The van der Waals surface area contributed by atoms with E-state index in [0.717, 1.165) is 24.0 Å². The molecule has 3 heteroatoms. The first-order valence-electron chi connectivity index (χ1n) is 6.82. The summed E-state index contributed by atoms with van der Waals surface area (Å²) in [6, 6.07) is 9.14. The van der Waals surface area contributed by atoms with E-state index in [2.05, 4.69) is 43.2 Å². The van der Waals surface area contributed by atoms with Gasteiger partial charge in [-0.3, -0.25) is 4.90 Å². The number of nitrogens with one attached hydrogen (secondary N) is 1. The molecule has 3 unspecified atom stereocenters. The average molecular weight is 267 g/mol. The first-order valence-corrected chi connectivity index (χ1v) is 7.20. The molecule has 0 aromatic heterocycles. The Hall–Kier alpha value is -0.570. The van der Waals surface area contributed by atoms with Gasteiger partial charge in [-0.1, -0.05) is 43.1 Å². The van der Waals surface area contributed by atoms with Crippen LogP contribution < -0.4 is 5.32 Å². The van der Waals surface area contributed by atoms with Crippen LogP contribution in [0.4, 0.5) is 0 Å². The molecule has 2 nitrogen and oxygen atoms in total. The summed E-state index contributed by atoms with van der Waals surface area (Å²) in [5, 5.41) is 4.37. The third kappa shape index (κ3) is 2.71. The molecule has 1 aliphatic rings. The summed E-state index contributed by atoms with van der Waals surface area (Å²) in [6.45, 7) is 6.75. The van der Waals surface area contributed by atoms with Crippen molar-refractivity contribution in [1.82, 2.24) is 10.2 Å². The van der Waals surface area contributed by atoms with Crippen LogP contribution in [0.15, 0.2) is 24.3 Å². The Morgan fingerprint density at radius 3 is 2.78 bits per heavy atom. The predicted octanol–water partition coefficient (Wildman–Crippen LogP) is 3.33. The molecule has 0 radical (unpaired) electrons. The summed E-state index contributed by atoms with van der Waals surface area (Å²) in [6.07, 6.45) is 1.23. The van der Waals surface area contributed by atoms with Gasteiger partial charge in [0.2, 0.25) is 0 Å². The van der Waals surface area contributed by atoms with Crippen LogP contribution in [0, 0.1) is 5.92 Å². The van der Waals surface area contributed by atoms with Crippen LogP contribution in [0.5, 0.6) is 0 Å². The molecule has 1 aromatic carbocycles. The fraction of sp³-hybridized carbons (Fsp3) is 0.600. The normalized spacial score (nSPS) is 25.6. The smallest absolute Gasteiger partial charge is 0.0453 e. The molecule has 0 spiro atoms. The van der Waals surface area contributed by atoms with Gasteiger partial charge in [0.1, 0.15) is 0 Å². The second kappa shape index (κ2) is 6.05. The standard InChI is InChI=1S/C15H23ClN2/c1-4-12-9-17-10-15(12)18(3)11(2)13-7-5-6-8-14(13)16/h5-8,11-12,15,17H,4,9-10H2,1-3H3. The third-order valence-corrected chi connectivity index (χ3v) is 4.66. The molecule has 0 aliphatic carbocycles. The number of nitrogens with zero attached hydrogens (tertiary/aromatic N) is 1. The summed E-state index contributed by atoms with van der Waals surface area (Å²) in [4.78, 5) is 2.47. The first kappa shape index (κ1) is 13.9. The van der Waals surface area contributed by atoms with E-state index in [1.165, 1.54) is 12.0 Å². The Morgan fingerprint density at radius 1 is 1.39 bits per heavy atom. The van der Waals surface area contributed by atoms with E-state index in [-0.39, 0.29) is 0 Å². The van der Waals surface area contributed by atoms with Gasteiger partial charge in [-0.25, -0.2) is 0 Å². The Kier molecular flexibility index (Phi) is 4.66. The fourth-order valence-electron chi connectivity index (χ4n) is 2.93. The number of hydrogen-bond acceptors (Lipinski definition) is 2. The highest BCUT2D eigenvalue weighted by molar-refractivity contribution is 6.31. The van der Waals surface area contributed by atoms with Gasteiger partial charge in [-0.05, 0) is 38.1 Å². The van der Waals surface area contributed by atoms with Crippen molar-refractivity contribution in [2.24, 2.45) is 5.92 Å². The van der Waals surface area contributed by atoms with E-state index >= 15 is 0 Å². The maximum Gasteiger partial charge on any atom is 0.0453 e. The van der Waals surface area contributed by atoms with Gasteiger partial charge >= 0.3 is 0 Å². The monoisotopic (exact) mass is 266 g/mol. The third-order valence-electron chi connectivity index (χ3n) is 4.32. The molecule has 1 aliphatic heterocycles. The summed E-state index contributed by atoms with van der Waals surface area (Å²) in [7, 11) is 2.22. The Labute approximate surface area is 115 Å². The second-order valence-electron chi connectivity index (χ2n) is 5.26. The van der Waals surface area contributed by atoms with Crippen molar-refractivity contribution in [2.75, 3.05) is 20.1 Å². The minimum absolute atomic E-state index is 0.359. The van der Waals surface area contributed by atoms with Crippen molar-refractivity contribution >= 4 is 11.6 Å². The molecule has 18 heavy (non-hydrogen) atoms. The second-order valence-corrected chi connectivity index (χ2v) is 5.66.